The van der Waals surface area contributed by atoms with Crippen LogP contribution in [0.25, 0.3) is 0 Å². The molecule has 1 aromatic carbocycles. The van der Waals surface area contributed by atoms with Crippen LogP contribution in [-0.4, -0.2) is 56.3 Å². The van der Waals surface area contributed by atoms with Gasteiger partial charge in [0.05, 0.1) is 11.4 Å². The van der Waals surface area contributed by atoms with Crippen LogP contribution in [0.15, 0.2) is 46.5 Å². The number of allylic oxidation sites excluding steroid dienone is 1. The summed E-state index contributed by atoms with van der Waals surface area (Å²) in [6.45, 7) is 7.92. The fourth-order valence-corrected chi connectivity index (χ4v) is 4.94. The van der Waals surface area contributed by atoms with E-state index in [1.165, 1.54) is 16.7 Å². The van der Waals surface area contributed by atoms with Crippen molar-refractivity contribution in [2.24, 2.45) is 0 Å². The topological polar surface area (TPSA) is 102 Å². The molecule has 1 atom stereocenters. The maximum atomic E-state index is 12.5. The van der Waals surface area contributed by atoms with Crippen molar-refractivity contribution in [1.82, 2.24) is 24.6 Å². The number of aryl methyl sites for hydroxylation is 1. The minimum atomic E-state index is -0.359. The maximum absolute atomic E-state index is 12.5. The van der Waals surface area contributed by atoms with Gasteiger partial charge in [-0.25, -0.2) is 4.98 Å². The van der Waals surface area contributed by atoms with Crippen molar-refractivity contribution in [3.05, 3.63) is 57.8 Å². The highest BCUT2D eigenvalue weighted by atomic mass is 79.9. The van der Waals surface area contributed by atoms with E-state index in [1.54, 1.807) is 27.1 Å². The molecule has 1 unspecified atom stereocenters. The Kier molecular flexibility index (Phi) is 8.86. The number of aromatic nitrogens is 4. The number of carbonyl (C=O) groups is 2. The second-order valence-corrected chi connectivity index (χ2v) is 10.3. The van der Waals surface area contributed by atoms with Crippen molar-refractivity contribution in [2.45, 2.75) is 31.7 Å². The number of thioether (sulfide) groups is 1. The first-order valence-electron chi connectivity index (χ1n) is 10.3. The van der Waals surface area contributed by atoms with Gasteiger partial charge < -0.3 is 15.0 Å². The van der Waals surface area contributed by atoms with Gasteiger partial charge in [0.2, 0.25) is 5.91 Å². The van der Waals surface area contributed by atoms with Crippen LogP contribution in [0.5, 0.6) is 5.75 Å². The van der Waals surface area contributed by atoms with Crippen LogP contribution in [-0.2, 0) is 11.3 Å². The number of benzene rings is 1. The van der Waals surface area contributed by atoms with Gasteiger partial charge in [-0.3, -0.25) is 14.2 Å². The van der Waals surface area contributed by atoms with E-state index in [4.69, 9.17) is 4.74 Å². The number of rotatable bonds is 10. The molecule has 12 heteroatoms. The molecular formula is C22H25BrN6O3S2. The van der Waals surface area contributed by atoms with Gasteiger partial charge in [-0.2, -0.15) is 0 Å². The predicted molar refractivity (Wildman–Crippen MR) is 138 cm³/mol. The van der Waals surface area contributed by atoms with E-state index in [-0.39, 0.29) is 23.7 Å². The lowest BCUT2D eigenvalue weighted by Gasteiger charge is -2.15. The Morgan fingerprint density at radius 1 is 1.32 bits per heavy atom. The van der Waals surface area contributed by atoms with Gasteiger partial charge in [0, 0.05) is 25.1 Å². The zero-order valence-electron chi connectivity index (χ0n) is 19.2. The van der Waals surface area contributed by atoms with Crippen LogP contribution in [0, 0.1) is 6.92 Å². The summed E-state index contributed by atoms with van der Waals surface area (Å²) in [7, 11) is 3.35. The molecule has 0 radical (unpaired) electrons. The number of hydrogen-bond donors (Lipinski definition) is 1. The monoisotopic (exact) mass is 564 g/mol. The minimum Gasteiger partial charge on any atom is -0.483 e. The molecule has 2 amide bonds. The van der Waals surface area contributed by atoms with E-state index in [1.807, 2.05) is 35.8 Å². The quantitative estimate of drug-likeness (QED) is 0.284. The van der Waals surface area contributed by atoms with E-state index in [2.05, 4.69) is 43.0 Å². The maximum Gasteiger partial charge on any atom is 0.265 e. The van der Waals surface area contributed by atoms with Crippen LogP contribution < -0.4 is 10.1 Å². The lowest BCUT2D eigenvalue weighted by molar-refractivity contribution is -0.113. The summed E-state index contributed by atoms with van der Waals surface area (Å²) in [4.78, 5) is 31.0. The van der Waals surface area contributed by atoms with Crippen LogP contribution in [0.3, 0.4) is 0 Å². The Bertz CT molecular complexity index is 1180. The first-order valence-corrected chi connectivity index (χ1v) is 12.9. The highest BCUT2D eigenvalue weighted by Gasteiger charge is 2.21. The fourth-order valence-electron chi connectivity index (χ4n) is 2.92. The van der Waals surface area contributed by atoms with E-state index < -0.39 is 0 Å². The molecule has 9 nitrogen and oxygen atoms in total. The molecule has 0 saturated carbocycles. The second kappa shape index (κ2) is 11.6. The lowest BCUT2D eigenvalue weighted by atomic mass is 10.3. The third-order valence-electron chi connectivity index (χ3n) is 4.52. The predicted octanol–water partition coefficient (Wildman–Crippen LogP) is 4.56. The Hall–Kier alpha value is -2.70. The SMILES string of the molecule is C=CCn1c(SCC(=O)Nc2nc(C)c(C(=O)N(C)C)s2)nnc1C(C)Oc1ccc(Br)cc1. The molecule has 0 saturated heterocycles. The summed E-state index contributed by atoms with van der Waals surface area (Å²) in [6.07, 6.45) is 1.38. The molecule has 180 valence electrons. The molecule has 0 aliphatic heterocycles. The normalized spacial score (nSPS) is 11.7. The third kappa shape index (κ3) is 6.45. The van der Waals surface area contributed by atoms with Crippen LogP contribution in [0.2, 0.25) is 0 Å². The van der Waals surface area contributed by atoms with Gasteiger partial charge in [0.1, 0.15) is 10.6 Å². The number of nitrogens with zero attached hydrogens (tertiary/aromatic N) is 5. The van der Waals surface area contributed by atoms with Crippen molar-refractivity contribution < 1.29 is 14.3 Å². The standard InChI is InChI=1S/C22H25BrN6O3S2/c1-6-11-29-19(14(3)32-16-9-7-15(23)8-10-16)26-27-22(29)33-12-17(30)25-21-24-13(2)18(34-21)20(31)28(4)5/h6-10,14H,1,11-12H2,2-5H3,(H,24,25,30). The van der Waals surface area contributed by atoms with Crippen molar-refractivity contribution in [1.29, 1.82) is 0 Å². The second-order valence-electron chi connectivity index (χ2n) is 7.42. The summed E-state index contributed by atoms with van der Waals surface area (Å²) in [6, 6.07) is 7.54. The molecule has 3 aromatic rings. The molecular weight excluding hydrogens is 540 g/mol. The largest absolute Gasteiger partial charge is 0.483 e. The molecule has 2 heterocycles. The molecule has 3 rings (SSSR count). The fraction of sp³-hybridized carbons (Fsp3) is 0.318. The minimum absolute atomic E-state index is 0.104. The summed E-state index contributed by atoms with van der Waals surface area (Å²) in [5, 5.41) is 12.3. The van der Waals surface area contributed by atoms with Crippen LogP contribution in [0.1, 0.15) is 34.2 Å². The van der Waals surface area contributed by atoms with Crippen molar-refractivity contribution in [3.63, 3.8) is 0 Å². The van der Waals surface area contributed by atoms with E-state index in [0.29, 0.717) is 39.0 Å². The highest BCUT2D eigenvalue weighted by molar-refractivity contribution is 9.10. The van der Waals surface area contributed by atoms with Gasteiger partial charge in [-0.05, 0) is 38.1 Å². The Morgan fingerprint density at radius 2 is 2.03 bits per heavy atom. The number of ether oxygens (including phenoxy) is 1. The van der Waals surface area contributed by atoms with Crippen molar-refractivity contribution >= 4 is 56.0 Å². The first kappa shape index (κ1) is 25.9. The molecule has 2 aromatic heterocycles. The van der Waals surface area contributed by atoms with Gasteiger partial charge in [0.15, 0.2) is 22.2 Å². The van der Waals surface area contributed by atoms with Crippen molar-refractivity contribution in [3.8, 4) is 5.75 Å². The van der Waals surface area contributed by atoms with Crippen LogP contribution >= 0.6 is 39.0 Å². The summed E-state index contributed by atoms with van der Waals surface area (Å²) in [5.41, 5.74) is 0.585. The zero-order valence-corrected chi connectivity index (χ0v) is 22.5. The van der Waals surface area contributed by atoms with E-state index in [0.717, 1.165) is 15.8 Å². The number of anilines is 1. The molecule has 1 N–H and O–H groups in total. The molecule has 0 aliphatic rings. The zero-order chi connectivity index (χ0) is 24.8. The smallest absolute Gasteiger partial charge is 0.265 e. The number of hydrogen-bond acceptors (Lipinski definition) is 8. The highest BCUT2D eigenvalue weighted by Crippen LogP contribution is 2.27. The molecule has 0 aliphatic carbocycles. The van der Waals surface area contributed by atoms with Gasteiger partial charge in [-0.15, -0.1) is 16.8 Å². The molecule has 0 fully saturated rings. The summed E-state index contributed by atoms with van der Waals surface area (Å²) in [5.74, 6) is 1.05. The third-order valence-corrected chi connectivity index (χ3v) is 7.08. The lowest BCUT2D eigenvalue weighted by Crippen LogP contribution is -2.21. The number of nitrogens with one attached hydrogen (secondary N) is 1. The first-order chi connectivity index (χ1) is 16.2. The van der Waals surface area contributed by atoms with Crippen molar-refractivity contribution in [2.75, 3.05) is 25.2 Å². The summed E-state index contributed by atoms with van der Waals surface area (Å²) >= 11 is 5.82. The molecule has 34 heavy (non-hydrogen) atoms. The average molecular weight is 566 g/mol. The average Bonchev–Trinajstić information content (AvgIpc) is 3.36. The Morgan fingerprint density at radius 3 is 2.68 bits per heavy atom. The van der Waals surface area contributed by atoms with E-state index in [9.17, 15) is 9.59 Å². The van der Waals surface area contributed by atoms with Gasteiger partial charge in [0.25, 0.3) is 5.91 Å². The number of halogens is 1. The number of amides is 2. The van der Waals surface area contributed by atoms with E-state index >= 15 is 0 Å². The molecule has 0 spiro atoms. The van der Waals surface area contributed by atoms with Gasteiger partial charge in [-0.1, -0.05) is 45.1 Å². The van der Waals surface area contributed by atoms with Crippen LogP contribution in [0.4, 0.5) is 5.13 Å². The molecule has 0 bridgehead atoms. The Labute approximate surface area is 214 Å². The number of carbonyl (C=O) groups excluding carboxylic acids is 2. The summed E-state index contributed by atoms with van der Waals surface area (Å²) < 4.78 is 8.84. The Balaban J connectivity index is 1.65. The van der Waals surface area contributed by atoms with Gasteiger partial charge >= 0.3 is 0 Å². The number of thiazole rings is 1.